The van der Waals surface area contributed by atoms with Gasteiger partial charge in [0.1, 0.15) is 5.69 Å². The molecule has 0 saturated carbocycles. The first-order valence-electron chi connectivity index (χ1n) is 6.19. The van der Waals surface area contributed by atoms with Crippen molar-refractivity contribution in [3.05, 3.63) is 22.4 Å². The Morgan fingerprint density at radius 3 is 2.59 bits per heavy atom. The minimum Gasteiger partial charge on any atom is -0.461 e. The van der Waals surface area contributed by atoms with Crippen LogP contribution >= 0.6 is 0 Å². The van der Waals surface area contributed by atoms with E-state index in [0.717, 1.165) is 12.8 Å². The van der Waals surface area contributed by atoms with Crippen molar-refractivity contribution in [2.45, 2.75) is 45.4 Å². The number of unbranched alkanes of at least 4 members (excludes halogenated alkanes) is 5. The number of carbonyl (C=O) groups excluding carboxylic acids is 1. The van der Waals surface area contributed by atoms with Crippen molar-refractivity contribution in [1.29, 1.82) is 0 Å². The van der Waals surface area contributed by atoms with Gasteiger partial charge in [-0.2, -0.15) is 0 Å². The summed E-state index contributed by atoms with van der Waals surface area (Å²) in [6, 6.07) is 0. The highest BCUT2D eigenvalue weighted by Gasteiger charge is 2.08. The highest BCUT2D eigenvalue weighted by molar-refractivity contribution is 5.86. The number of ether oxygens (including phenoxy) is 1. The number of aromatic nitrogens is 2. The summed E-state index contributed by atoms with van der Waals surface area (Å²) in [5.41, 5.74) is -0.211. The molecule has 0 fully saturated rings. The Morgan fingerprint density at radius 2 is 1.94 bits per heavy atom. The predicted molar refractivity (Wildman–Crippen MR) is 65.1 cm³/mol. The van der Waals surface area contributed by atoms with E-state index >= 15 is 0 Å². The number of imidazole rings is 1. The van der Waals surface area contributed by atoms with Crippen LogP contribution in [0.2, 0.25) is 0 Å². The lowest BCUT2D eigenvalue weighted by Crippen LogP contribution is -2.09. The van der Waals surface area contributed by atoms with Gasteiger partial charge >= 0.3 is 11.7 Å². The molecule has 1 heterocycles. The Morgan fingerprint density at radius 1 is 1.24 bits per heavy atom. The molecule has 0 saturated heterocycles. The SMILES string of the molecule is CCCCCCCCOC(=O)c1c[nH]c(=O)[nH]1. The number of rotatable bonds is 8. The lowest BCUT2D eigenvalue weighted by Gasteiger charge is -2.02. The summed E-state index contributed by atoms with van der Waals surface area (Å²) in [5.74, 6) is -0.475. The molecule has 0 aliphatic rings. The van der Waals surface area contributed by atoms with Crippen LogP contribution in [0.4, 0.5) is 0 Å². The molecule has 5 nitrogen and oxygen atoms in total. The van der Waals surface area contributed by atoms with Gasteiger partial charge in [-0.05, 0) is 6.42 Å². The minimum absolute atomic E-state index is 0.181. The Balaban J connectivity index is 2.07. The first-order chi connectivity index (χ1) is 8.24. The fourth-order valence-corrected chi connectivity index (χ4v) is 1.57. The standard InChI is InChI=1S/C12H20N2O3/c1-2-3-4-5-6-7-8-17-11(15)10-9-13-12(16)14-10/h9H,2-8H2,1H3,(H2,13,14,16). The zero-order valence-corrected chi connectivity index (χ0v) is 10.3. The largest absolute Gasteiger partial charge is 0.461 e. The summed E-state index contributed by atoms with van der Waals surface area (Å²) in [5, 5.41) is 0. The average Bonchev–Trinajstić information content (AvgIpc) is 2.74. The van der Waals surface area contributed by atoms with Gasteiger partial charge in [-0.25, -0.2) is 9.59 Å². The van der Waals surface area contributed by atoms with Gasteiger partial charge in [0.15, 0.2) is 0 Å². The van der Waals surface area contributed by atoms with Gasteiger partial charge in [-0.1, -0.05) is 39.0 Å². The zero-order valence-electron chi connectivity index (χ0n) is 10.3. The average molecular weight is 240 g/mol. The second-order valence-electron chi connectivity index (χ2n) is 4.06. The van der Waals surface area contributed by atoms with Crippen molar-refractivity contribution in [2.75, 3.05) is 6.61 Å². The topological polar surface area (TPSA) is 75.0 Å². The van der Waals surface area contributed by atoms with E-state index in [0.29, 0.717) is 6.61 Å². The fraction of sp³-hybridized carbons (Fsp3) is 0.667. The van der Waals surface area contributed by atoms with Gasteiger partial charge in [-0.3, -0.25) is 0 Å². The minimum atomic E-state index is -0.475. The van der Waals surface area contributed by atoms with Crippen molar-refractivity contribution in [3.63, 3.8) is 0 Å². The molecule has 0 unspecified atom stereocenters. The Bertz CT molecular complexity index is 381. The van der Waals surface area contributed by atoms with Crippen molar-refractivity contribution in [1.82, 2.24) is 9.97 Å². The van der Waals surface area contributed by atoms with Gasteiger partial charge in [0, 0.05) is 6.20 Å². The maximum Gasteiger partial charge on any atom is 0.356 e. The molecule has 1 aromatic rings. The molecule has 1 aromatic heterocycles. The molecule has 2 N–H and O–H groups in total. The Hall–Kier alpha value is -1.52. The molecule has 1 rings (SSSR count). The molecule has 0 aromatic carbocycles. The van der Waals surface area contributed by atoms with E-state index in [-0.39, 0.29) is 5.69 Å². The number of H-pyrrole nitrogens is 2. The number of hydrogen-bond acceptors (Lipinski definition) is 3. The molecule has 96 valence electrons. The molecule has 0 atom stereocenters. The molecule has 0 amide bonds. The van der Waals surface area contributed by atoms with E-state index in [1.54, 1.807) is 0 Å². The van der Waals surface area contributed by atoms with Crippen LogP contribution in [0.15, 0.2) is 11.0 Å². The molecule has 0 aliphatic carbocycles. The normalized spacial score (nSPS) is 10.4. The molecule has 0 radical (unpaired) electrons. The summed E-state index contributed by atoms with van der Waals surface area (Å²) in [6.45, 7) is 2.59. The second-order valence-corrected chi connectivity index (χ2v) is 4.06. The number of nitrogens with one attached hydrogen (secondary N) is 2. The van der Waals surface area contributed by atoms with Crippen LogP contribution < -0.4 is 5.69 Å². The third-order valence-electron chi connectivity index (χ3n) is 2.55. The molecule has 5 heteroatoms. The second kappa shape index (κ2) is 7.70. The number of aromatic amines is 2. The number of carbonyl (C=O) groups is 1. The van der Waals surface area contributed by atoms with E-state index < -0.39 is 11.7 Å². The first kappa shape index (κ1) is 13.5. The number of esters is 1. The van der Waals surface area contributed by atoms with Crippen LogP contribution in [0.1, 0.15) is 55.9 Å². The predicted octanol–water partition coefficient (Wildman–Crippen LogP) is 2.22. The monoisotopic (exact) mass is 240 g/mol. The third kappa shape index (κ3) is 5.38. The van der Waals surface area contributed by atoms with E-state index in [1.165, 1.54) is 31.9 Å². The van der Waals surface area contributed by atoms with E-state index in [9.17, 15) is 9.59 Å². The molecule has 17 heavy (non-hydrogen) atoms. The first-order valence-corrected chi connectivity index (χ1v) is 6.19. The Labute approximate surface area is 101 Å². The number of hydrogen-bond donors (Lipinski definition) is 2. The summed E-state index contributed by atoms with van der Waals surface area (Å²) in [6.07, 6.45) is 8.22. The molecular weight excluding hydrogens is 220 g/mol. The summed E-state index contributed by atoms with van der Waals surface area (Å²) >= 11 is 0. The Kier molecular flexibility index (Phi) is 6.14. The van der Waals surface area contributed by atoms with Crippen LogP contribution in [0.3, 0.4) is 0 Å². The fourth-order valence-electron chi connectivity index (χ4n) is 1.57. The van der Waals surface area contributed by atoms with Crippen molar-refractivity contribution in [2.24, 2.45) is 0 Å². The van der Waals surface area contributed by atoms with Crippen molar-refractivity contribution >= 4 is 5.97 Å². The molecular formula is C12H20N2O3. The van der Waals surface area contributed by atoms with Crippen LogP contribution in [-0.2, 0) is 4.74 Å². The third-order valence-corrected chi connectivity index (χ3v) is 2.55. The van der Waals surface area contributed by atoms with E-state index in [1.807, 2.05) is 0 Å². The van der Waals surface area contributed by atoms with Crippen LogP contribution in [0.25, 0.3) is 0 Å². The summed E-state index contributed by atoms with van der Waals surface area (Å²) < 4.78 is 5.02. The van der Waals surface area contributed by atoms with Crippen molar-refractivity contribution < 1.29 is 9.53 Å². The van der Waals surface area contributed by atoms with Gasteiger partial charge < -0.3 is 14.7 Å². The maximum atomic E-state index is 11.4. The van der Waals surface area contributed by atoms with Gasteiger partial charge in [0.25, 0.3) is 0 Å². The van der Waals surface area contributed by atoms with Gasteiger partial charge in [0.05, 0.1) is 6.61 Å². The quantitative estimate of drug-likeness (QED) is 0.540. The lowest BCUT2D eigenvalue weighted by molar-refractivity contribution is 0.0491. The van der Waals surface area contributed by atoms with Crippen LogP contribution in [0, 0.1) is 0 Å². The van der Waals surface area contributed by atoms with Crippen LogP contribution in [0.5, 0.6) is 0 Å². The summed E-state index contributed by atoms with van der Waals surface area (Å²) in [7, 11) is 0. The smallest absolute Gasteiger partial charge is 0.356 e. The lowest BCUT2D eigenvalue weighted by atomic mass is 10.1. The highest BCUT2D eigenvalue weighted by atomic mass is 16.5. The molecule has 0 spiro atoms. The highest BCUT2D eigenvalue weighted by Crippen LogP contribution is 2.05. The van der Waals surface area contributed by atoms with E-state index in [4.69, 9.17) is 4.74 Å². The van der Waals surface area contributed by atoms with E-state index in [2.05, 4.69) is 16.9 Å². The van der Waals surface area contributed by atoms with Crippen LogP contribution in [-0.4, -0.2) is 22.5 Å². The van der Waals surface area contributed by atoms with Gasteiger partial charge in [-0.15, -0.1) is 0 Å². The molecule has 0 bridgehead atoms. The summed E-state index contributed by atoms with van der Waals surface area (Å²) in [4.78, 5) is 26.9. The maximum absolute atomic E-state index is 11.4. The van der Waals surface area contributed by atoms with Crippen molar-refractivity contribution in [3.8, 4) is 0 Å². The van der Waals surface area contributed by atoms with Gasteiger partial charge in [0.2, 0.25) is 0 Å². The zero-order chi connectivity index (χ0) is 12.5. The molecule has 0 aliphatic heterocycles.